The van der Waals surface area contributed by atoms with Gasteiger partial charge in [-0.15, -0.1) is 0 Å². The summed E-state index contributed by atoms with van der Waals surface area (Å²) in [6, 6.07) is 6.31. The van der Waals surface area contributed by atoms with Crippen molar-refractivity contribution in [3.8, 4) is 5.75 Å². The average molecular weight is 516 g/mol. The van der Waals surface area contributed by atoms with Gasteiger partial charge in [-0.25, -0.2) is 0 Å². The molecule has 7 heteroatoms. The van der Waals surface area contributed by atoms with Gasteiger partial charge in [0, 0.05) is 40.8 Å². The van der Waals surface area contributed by atoms with E-state index in [-0.39, 0.29) is 45.4 Å². The number of amides is 1. The van der Waals surface area contributed by atoms with Gasteiger partial charge >= 0.3 is 0 Å². The summed E-state index contributed by atoms with van der Waals surface area (Å²) < 4.78 is 11.4. The van der Waals surface area contributed by atoms with Gasteiger partial charge in [-0.05, 0) is 44.5 Å². The predicted octanol–water partition coefficient (Wildman–Crippen LogP) is 2.36. The van der Waals surface area contributed by atoms with Crippen LogP contribution in [-0.4, -0.2) is 57.3 Å². The summed E-state index contributed by atoms with van der Waals surface area (Å²) in [6.07, 6.45) is 1.93. The molecule has 1 aromatic carbocycles. The molecule has 0 saturated carbocycles. The maximum absolute atomic E-state index is 11.8. The minimum Gasteiger partial charge on any atom is -0.422 e. The number of carbonyl (C=O) groups is 1. The summed E-state index contributed by atoms with van der Waals surface area (Å²) in [6.45, 7) is 2.94. The number of carbonyl (C=O) groups excluding carboxylic acids is 1. The van der Waals surface area contributed by atoms with Gasteiger partial charge in [0.25, 0.3) is 0 Å². The van der Waals surface area contributed by atoms with Crippen molar-refractivity contribution < 1.29 is 13.7 Å². The Hall–Kier alpha value is 0.152. The van der Waals surface area contributed by atoms with Crippen LogP contribution in [0.5, 0.6) is 5.75 Å². The molecule has 0 aromatic heterocycles. The van der Waals surface area contributed by atoms with Gasteiger partial charge in [0.15, 0.2) is 0 Å². The topological polar surface area (TPSA) is 38.8 Å². The third-order valence-corrected chi connectivity index (χ3v) is 4.64. The minimum absolute atomic E-state index is 0. The maximum atomic E-state index is 11.8. The summed E-state index contributed by atoms with van der Waals surface area (Å²) in [5.41, 5.74) is 2.47. The number of morpholine rings is 1. The first kappa shape index (κ1) is 17.5. The molecule has 1 unspecified atom stereocenters. The fourth-order valence-corrected chi connectivity index (χ4v) is 3.74. The molecule has 2 aliphatic rings. The molecule has 4 nitrogen and oxygen atoms in total. The normalized spacial score (nSPS) is 23.6. The van der Waals surface area contributed by atoms with Crippen molar-refractivity contribution in [1.82, 2.24) is 4.90 Å². The van der Waals surface area contributed by atoms with Crippen molar-refractivity contribution in [2.45, 2.75) is 31.9 Å². The molecule has 3 atom stereocenters. The zero-order valence-electron chi connectivity index (χ0n) is 12.0. The number of nitrogens with zero attached hydrogens (tertiary/aromatic N) is 1. The summed E-state index contributed by atoms with van der Waals surface area (Å²) in [5.74, 6) is 0.965. The van der Waals surface area contributed by atoms with E-state index in [4.69, 9.17) is 8.92 Å². The third kappa shape index (κ3) is 3.57. The second kappa shape index (κ2) is 7.62. The Kier molecular flexibility index (Phi) is 6.35. The van der Waals surface area contributed by atoms with Crippen LogP contribution in [0, 0.1) is 0 Å². The standard InChI is InChI=1S/C14H18NO3PS.Tl/c1-9(16)15-6-7-17-14-12-8-11(18-20-19)4-2-10(12)3-5-13(14)15;/h2,4,8,13-14H,3,5-7,19H2,1H3;/t13-,14-;/m1./s1. The van der Waals surface area contributed by atoms with Gasteiger partial charge in [0.05, 0.1) is 24.3 Å². The molecule has 111 valence electrons. The van der Waals surface area contributed by atoms with Crippen molar-refractivity contribution in [2.24, 2.45) is 0 Å². The Labute approximate surface area is 151 Å². The monoisotopic (exact) mass is 516 g/mol. The summed E-state index contributed by atoms with van der Waals surface area (Å²) in [4.78, 5) is 13.7. The molecule has 1 aromatic rings. The van der Waals surface area contributed by atoms with Crippen LogP contribution in [0.1, 0.15) is 30.6 Å². The fourth-order valence-electron chi connectivity index (χ4n) is 3.19. The smallest absolute Gasteiger partial charge is 0.219 e. The van der Waals surface area contributed by atoms with Crippen molar-refractivity contribution in [1.29, 1.82) is 0 Å². The quantitative estimate of drug-likeness (QED) is 0.345. The van der Waals surface area contributed by atoms with Crippen molar-refractivity contribution in [3.63, 3.8) is 0 Å². The molecule has 1 radical (unpaired) electrons. The molecular formula is C14H18NO3PSTl. The van der Waals surface area contributed by atoms with Gasteiger partial charge in [-0.2, -0.15) is 0 Å². The Morgan fingerprint density at radius 3 is 3.05 bits per heavy atom. The van der Waals surface area contributed by atoms with Crippen LogP contribution in [0.4, 0.5) is 0 Å². The minimum atomic E-state index is -0.0190. The maximum Gasteiger partial charge on any atom is 0.219 e. The van der Waals surface area contributed by atoms with E-state index in [9.17, 15) is 4.79 Å². The zero-order chi connectivity index (χ0) is 14.1. The summed E-state index contributed by atoms with van der Waals surface area (Å²) >= 11 is 1.25. The molecule has 3 rings (SSSR count). The van der Waals surface area contributed by atoms with E-state index < -0.39 is 0 Å². The number of benzene rings is 1. The Morgan fingerprint density at radius 2 is 2.33 bits per heavy atom. The SMILES string of the molecule is CC(=O)N1CCO[C@@H]2c3cc(OSP)ccc3CC[C@H]21.[Tl]. The van der Waals surface area contributed by atoms with Crippen LogP contribution in [-0.2, 0) is 16.0 Å². The van der Waals surface area contributed by atoms with E-state index >= 15 is 0 Å². The Bertz CT molecular complexity index is 531. The molecule has 1 heterocycles. The van der Waals surface area contributed by atoms with Gasteiger partial charge in [0.2, 0.25) is 5.91 Å². The molecule has 0 spiro atoms. The van der Waals surface area contributed by atoms with Gasteiger partial charge in [-0.3, -0.25) is 4.79 Å². The van der Waals surface area contributed by atoms with Crippen LogP contribution in [0.15, 0.2) is 18.2 Å². The largest absolute Gasteiger partial charge is 0.422 e. The van der Waals surface area contributed by atoms with E-state index in [0.29, 0.717) is 13.2 Å². The van der Waals surface area contributed by atoms with Gasteiger partial charge in [-0.1, -0.05) is 6.07 Å². The zero-order valence-corrected chi connectivity index (χ0v) is 18.4. The first-order chi connectivity index (χ1) is 9.70. The summed E-state index contributed by atoms with van der Waals surface area (Å²) in [5, 5.41) is 0. The second-order valence-electron chi connectivity index (χ2n) is 5.15. The second-order valence-corrected chi connectivity index (χ2v) is 6.09. The molecule has 0 N–H and O–H groups in total. The van der Waals surface area contributed by atoms with E-state index in [0.717, 1.165) is 18.6 Å². The number of aryl methyl sites for hydroxylation is 1. The molecule has 21 heavy (non-hydrogen) atoms. The first-order valence-electron chi connectivity index (χ1n) is 6.75. The number of ether oxygens (including phenoxy) is 1. The van der Waals surface area contributed by atoms with Crippen molar-refractivity contribution in [3.05, 3.63) is 29.3 Å². The van der Waals surface area contributed by atoms with Crippen molar-refractivity contribution >= 4 is 53.3 Å². The van der Waals surface area contributed by atoms with E-state index in [1.807, 2.05) is 17.0 Å². The van der Waals surface area contributed by atoms with Gasteiger partial charge < -0.3 is 13.8 Å². The molecule has 1 aliphatic carbocycles. The van der Waals surface area contributed by atoms with E-state index in [1.165, 1.54) is 22.8 Å². The summed E-state index contributed by atoms with van der Waals surface area (Å²) in [7, 11) is 2.47. The van der Waals surface area contributed by atoms with Crippen molar-refractivity contribution in [2.75, 3.05) is 13.2 Å². The molecule has 1 fully saturated rings. The van der Waals surface area contributed by atoms with E-state index in [2.05, 4.69) is 14.5 Å². The van der Waals surface area contributed by atoms with Crippen LogP contribution in [0.25, 0.3) is 0 Å². The van der Waals surface area contributed by atoms with Crippen LogP contribution in [0.3, 0.4) is 0 Å². The number of fused-ring (bicyclic) bond motifs is 3. The van der Waals surface area contributed by atoms with Gasteiger partial charge in [0.1, 0.15) is 11.9 Å². The number of rotatable bonds is 2. The first-order valence-corrected chi connectivity index (χ1v) is 8.97. The molecule has 1 aliphatic heterocycles. The van der Waals surface area contributed by atoms with Crippen LogP contribution >= 0.6 is 20.1 Å². The predicted molar refractivity (Wildman–Crippen MR) is 88.3 cm³/mol. The molecular weight excluding hydrogens is 498 g/mol. The third-order valence-electron chi connectivity index (χ3n) is 4.06. The molecule has 0 bridgehead atoms. The average Bonchev–Trinajstić information content (AvgIpc) is 2.46. The number of hydrogen-bond acceptors (Lipinski definition) is 4. The fraction of sp³-hybridized carbons (Fsp3) is 0.500. The molecule has 1 saturated heterocycles. The van der Waals surface area contributed by atoms with E-state index in [1.54, 1.807) is 6.92 Å². The Morgan fingerprint density at radius 1 is 1.52 bits per heavy atom. The molecule has 1 amide bonds. The number of hydrogen-bond donors (Lipinski definition) is 0. The van der Waals surface area contributed by atoms with Crippen LogP contribution < -0.4 is 4.18 Å². The Balaban J connectivity index is 0.00000161. The van der Waals surface area contributed by atoms with Crippen LogP contribution in [0.2, 0.25) is 0 Å².